The van der Waals surface area contributed by atoms with Gasteiger partial charge in [0, 0.05) is 23.9 Å². The van der Waals surface area contributed by atoms with Crippen molar-refractivity contribution < 1.29 is 13.9 Å². The van der Waals surface area contributed by atoms with Crippen molar-refractivity contribution in [1.29, 1.82) is 0 Å². The lowest BCUT2D eigenvalue weighted by Crippen LogP contribution is -2.35. The third-order valence-electron chi connectivity index (χ3n) is 5.22. The van der Waals surface area contributed by atoms with Crippen molar-refractivity contribution in [3.63, 3.8) is 0 Å². The summed E-state index contributed by atoms with van der Waals surface area (Å²) in [5.74, 6) is 2.09. The molecule has 0 fully saturated rings. The first kappa shape index (κ1) is 17.5. The molecule has 1 aliphatic rings. The number of benzene rings is 1. The van der Waals surface area contributed by atoms with Crippen LogP contribution in [0.5, 0.6) is 5.75 Å². The highest BCUT2D eigenvalue weighted by Crippen LogP contribution is 2.26. The maximum absolute atomic E-state index is 12.7. The number of hydrogen-bond donors (Lipinski definition) is 1. The second-order valence-electron chi connectivity index (χ2n) is 7.15. The van der Waals surface area contributed by atoms with E-state index in [0.29, 0.717) is 19.7 Å². The van der Waals surface area contributed by atoms with Crippen molar-refractivity contribution in [3.8, 4) is 5.75 Å². The van der Waals surface area contributed by atoms with Gasteiger partial charge in [-0.2, -0.15) is 0 Å². The average molecular weight is 364 g/mol. The van der Waals surface area contributed by atoms with Crippen LogP contribution in [-0.2, 0) is 13.0 Å². The van der Waals surface area contributed by atoms with Crippen LogP contribution >= 0.6 is 0 Å². The first-order valence-corrected chi connectivity index (χ1v) is 9.30. The Morgan fingerprint density at radius 3 is 2.89 bits per heavy atom. The van der Waals surface area contributed by atoms with E-state index in [1.54, 1.807) is 6.26 Å². The first-order chi connectivity index (χ1) is 13.1. The van der Waals surface area contributed by atoms with Gasteiger partial charge in [-0.3, -0.25) is 4.79 Å². The Labute approximate surface area is 158 Å². The molecule has 0 spiro atoms. The van der Waals surface area contributed by atoms with Crippen LogP contribution in [0.3, 0.4) is 0 Å². The summed E-state index contributed by atoms with van der Waals surface area (Å²) in [6.45, 7) is 5.86. The summed E-state index contributed by atoms with van der Waals surface area (Å²) in [7, 11) is 0. The molecule has 0 saturated heterocycles. The van der Waals surface area contributed by atoms with Gasteiger partial charge in [0.15, 0.2) is 0 Å². The fraction of sp³-hybridized carbons (Fsp3) is 0.318. The largest absolute Gasteiger partial charge is 0.493 e. The molecule has 140 valence electrons. The quantitative estimate of drug-likeness (QED) is 0.751. The molecule has 0 saturated carbocycles. The van der Waals surface area contributed by atoms with E-state index in [9.17, 15) is 4.79 Å². The average Bonchev–Trinajstić information content (AvgIpc) is 3.30. The standard InChI is InChI=1S/C22H24N2O3/c1-15-10-20(16(2)24(15)13-19-7-5-9-26-19)22(25)23-12-17-11-18-6-3-4-8-21(18)27-14-17/h3-10,17H,11-14H2,1-2H3,(H,23,25). The van der Waals surface area contributed by atoms with E-state index in [1.165, 1.54) is 5.56 Å². The lowest BCUT2D eigenvalue weighted by molar-refractivity contribution is 0.0938. The van der Waals surface area contributed by atoms with Gasteiger partial charge in [0.1, 0.15) is 11.5 Å². The fourth-order valence-electron chi connectivity index (χ4n) is 3.69. The zero-order chi connectivity index (χ0) is 18.8. The first-order valence-electron chi connectivity index (χ1n) is 9.30. The molecule has 2 aromatic heterocycles. The number of rotatable bonds is 5. The third-order valence-corrected chi connectivity index (χ3v) is 5.22. The van der Waals surface area contributed by atoms with Gasteiger partial charge in [-0.1, -0.05) is 18.2 Å². The van der Waals surface area contributed by atoms with E-state index in [4.69, 9.17) is 9.15 Å². The van der Waals surface area contributed by atoms with Crippen LogP contribution in [0.15, 0.2) is 53.1 Å². The monoisotopic (exact) mass is 364 g/mol. The Kier molecular flexibility index (Phi) is 4.75. The van der Waals surface area contributed by atoms with E-state index >= 15 is 0 Å². The molecule has 4 rings (SSSR count). The van der Waals surface area contributed by atoms with Crippen LogP contribution in [0, 0.1) is 19.8 Å². The van der Waals surface area contributed by atoms with E-state index < -0.39 is 0 Å². The van der Waals surface area contributed by atoms with E-state index in [-0.39, 0.29) is 11.8 Å². The predicted octanol–water partition coefficient (Wildman–Crippen LogP) is 3.73. The van der Waals surface area contributed by atoms with Crippen LogP contribution in [0.1, 0.15) is 33.1 Å². The summed E-state index contributed by atoms with van der Waals surface area (Å²) < 4.78 is 13.4. The summed E-state index contributed by atoms with van der Waals surface area (Å²) in [4.78, 5) is 12.7. The van der Waals surface area contributed by atoms with Crippen molar-refractivity contribution in [2.24, 2.45) is 5.92 Å². The Balaban J connectivity index is 1.40. The molecule has 1 amide bonds. The van der Waals surface area contributed by atoms with Crippen molar-refractivity contribution in [1.82, 2.24) is 9.88 Å². The number of carbonyl (C=O) groups excluding carboxylic acids is 1. The molecule has 0 radical (unpaired) electrons. The summed E-state index contributed by atoms with van der Waals surface area (Å²) in [5, 5.41) is 3.08. The lowest BCUT2D eigenvalue weighted by Gasteiger charge is -2.25. The van der Waals surface area contributed by atoms with Gasteiger partial charge in [-0.25, -0.2) is 0 Å². The molecule has 3 heterocycles. The van der Waals surface area contributed by atoms with Gasteiger partial charge in [0.25, 0.3) is 5.91 Å². The summed E-state index contributed by atoms with van der Waals surface area (Å²) >= 11 is 0. The number of amides is 1. The third kappa shape index (κ3) is 3.63. The van der Waals surface area contributed by atoms with Crippen molar-refractivity contribution >= 4 is 5.91 Å². The Hall–Kier alpha value is -2.95. The normalized spacial score (nSPS) is 15.9. The molecule has 1 atom stereocenters. The molecular formula is C22H24N2O3. The highest BCUT2D eigenvalue weighted by molar-refractivity contribution is 5.95. The lowest BCUT2D eigenvalue weighted by atomic mass is 9.96. The summed E-state index contributed by atoms with van der Waals surface area (Å²) in [5.41, 5.74) is 3.92. The topological polar surface area (TPSA) is 56.4 Å². The van der Waals surface area contributed by atoms with Crippen LogP contribution in [-0.4, -0.2) is 23.6 Å². The van der Waals surface area contributed by atoms with Crippen LogP contribution < -0.4 is 10.1 Å². The molecule has 1 unspecified atom stereocenters. The number of ether oxygens (including phenoxy) is 1. The molecule has 1 N–H and O–H groups in total. The zero-order valence-corrected chi connectivity index (χ0v) is 15.7. The molecule has 0 aliphatic carbocycles. The van der Waals surface area contributed by atoms with Gasteiger partial charge in [-0.15, -0.1) is 0 Å². The second-order valence-corrected chi connectivity index (χ2v) is 7.15. The van der Waals surface area contributed by atoms with Gasteiger partial charge >= 0.3 is 0 Å². The maximum Gasteiger partial charge on any atom is 0.253 e. The smallest absolute Gasteiger partial charge is 0.253 e. The fourth-order valence-corrected chi connectivity index (χ4v) is 3.69. The Morgan fingerprint density at radius 1 is 1.22 bits per heavy atom. The number of para-hydroxylation sites is 1. The number of carbonyl (C=O) groups is 1. The van der Waals surface area contributed by atoms with Crippen molar-refractivity contribution in [2.75, 3.05) is 13.2 Å². The maximum atomic E-state index is 12.7. The summed E-state index contributed by atoms with van der Waals surface area (Å²) in [6.07, 6.45) is 2.59. The van der Waals surface area contributed by atoms with E-state index in [0.717, 1.165) is 34.9 Å². The molecule has 1 aromatic carbocycles. The van der Waals surface area contributed by atoms with Crippen LogP contribution in [0.2, 0.25) is 0 Å². The minimum absolute atomic E-state index is 0.0346. The number of nitrogens with one attached hydrogen (secondary N) is 1. The van der Waals surface area contributed by atoms with Crippen LogP contribution in [0.25, 0.3) is 0 Å². The SMILES string of the molecule is Cc1cc(C(=O)NCC2COc3ccccc3C2)c(C)n1Cc1ccco1. The second kappa shape index (κ2) is 7.35. The molecule has 3 aromatic rings. The minimum atomic E-state index is -0.0346. The molecule has 5 heteroatoms. The molecule has 5 nitrogen and oxygen atoms in total. The number of nitrogens with zero attached hydrogens (tertiary/aromatic N) is 1. The Bertz CT molecular complexity index is 941. The van der Waals surface area contributed by atoms with Gasteiger partial charge in [-0.05, 0) is 50.1 Å². The number of aryl methyl sites for hydroxylation is 1. The molecule has 0 bridgehead atoms. The van der Waals surface area contributed by atoms with Crippen molar-refractivity contribution in [2.45, 2.75) is 26.8 Å². The van der Waals surface area contributed by atoms with E-state index in [1.807, 2.05) is 50.2 Å². The number of aromatic nitrogens is 1. The highest BCUT2D eigenvalue weighted by Gasteiger charge is 2.22. The molecule has 27 heavy (non-hydrogen) atoms. The zero-order valence-electron chi connectivity index (χ0n) is 15.7. The van der Waals surface area contributed by atoms with Gasteiger partial charge in [0.2, 0.25) is 0 Å². The van der Waals surface area contributed by atoms with Gasteiger partial charge in [0.05, 0.1) is 25.0 Å². The van der Waals surface area contributed by atoms with Crippen LogP contribution in [0.4, 0.5) is 0 Å². The number of fused-ring (bicyclic) bond motifs is 1. The summed E-state index contributed by atoms with van der Waals surface area (Å²) in [6, 6.07) is 13.9. The number of furan rings is 1. The molecule has 1 aliphatic heterocycles. The highest BCUT2D eigenvalue weighted by atomic mass is 16.5. The Morgan fingerprint density at radius 2 is 2.07 bits per heavy atom. The van der Waals surface area contributed by atoms with E-state index in [2.05, 4.69) is 16.0 Å². The minimum Gasteiger partial charge on any atom is -0.493 e. The number of hydrogen-bond acceptors (Lipinski definition) is 3. The predicted molar refractivity (Wildman–Crippen MR) is 103 cm³/mol. The van der Waals surface area contributed by atoms with Gasteiger partial charge < -0.3 is 19.0 Å². The van der Waals surface area contributed by atoms with Crippen molar-refractivity contribution in [3.05, 3.63) is 77.0 Å². The molecular weight excluding hydrogens is 340 g/mol.